The number of carbonyl (C=O) groups is 3. The summed E-state index contributed by atoms with van der Waals surface area (Å²) in [5, 5.41) is 9.52. The third-order valence-electron chi connectivity index (χ3n) is 7.59. The summed E-state index contributed by atoms with van der Waals surface area (Å²) >= 11 is 0. The fraction of sp³-hybridized carbons (Fsp3) is 0.516. The van der Waals surface area contributed by atoms with E-state index in [-0.39, 0.29) is 30.2 Å². The second-order valence-electron chi connectivity index (χ2n) is 12.1. The molecular formula is C31H38N2O7. The minimum atomic E-state index is -1.07. The van der Waals surface area contributed by atoms with Crippen LogP contribution in [0.2, 0.25) is 0 Å². The van der Waals surface area contributed by atoms with Gasteiger partial charge in [0.25, 0.3) is 5.91 Å². The Hall–Kier alpha value is -3.59. The van der Waals surface area contributed by atoms with Gasteiger partial charge in [-0.15, -0.1) is 0 Å². The molecule has 0 aliphatic carbocycles. The van der Waals surface area contributed by atoms with E-state index >= 15 is 0 Å². The zero-order valence-electron chi connectivity index (χ0n) is 23.6. The Kier molecular flexibility index (Phi) is 7.77. The van der Waals surface area contributed by atoms with E-state index in [0.717, 1.165) is 22.4 Å². The van der Waals surface area contributed by atoms with E-state index in [9.17, 15) is 19.5 Å². The Morgan fingerprint density at radius 2 is 1.85 bits per heavy atom. The van der Waals surface area contributed by atoms with Crippen molar-refractivity contribution in [3.8, 4) is 11.5 Å². The topological polar surface area (TPSA) is 106 Å². The number of carboxylic acids is 1. The van der Waals surface area contributed by atoms with Crippen LogP contribution < -0.4 is 14.4 Å². The smallest absolute Gasteiger partial charge is 0.308 e. The summed E-state index contributed by atoms with van der Waals surface area (Å²) in [4.78, 5) is 42.6. The second-order valence-corrected chi connectivity index (χ2v) is 12.1. The molecule has 0 radical (unpaired) electrons. The van der Waals surface area contributed by atoms with Gasteiger partial charge in [-0.25, -0.2) is 0 Å². The zero-order chi connectivity index (χ0) is 28.6. The average molecular weight is 551 g/mol. The van der Waals surface area contributed by atoms with Gasteiger partial charge in [-0.1, -0.05) is 50.6 Å². The molecule has 0 spiro atoms. The van der Waals surface area contributed by atoms with E-state index in [2.05, 4.69) is 20.8 Å². The first-order valence-corrected chi connectivity index (χ1v) is 14.0. The van der Waals surface area contributed by atoms with Crippen LogP contribution in [0, 0.1) is 18.3 Å². The van der Waals surface area contributed by atoms with Crippen LogP contribution in [-0.2, 0) is 19.1 Å². The van der Waals surface area contributed by atoms with Crippen molar-refractivity contribution in [1.82, 2.24) is 4.90 Å². The third kappa shape index (κ3) is 5.80. The van der Waals surface area contributed by atoms with Gasteiger partial charge in [0.1, 0.15) is 25.4 Å². The lowest BCUT2D eigenvalue weighted by Gasteiger charge is -2.33. The number of carboxylic acid groups (broad SMARTS) is 1. The lowest BCUT2D eigenvalue weighted by Crippen LogP contribution is -2.47. The van der Waals surface area contributed by atoms with Gasteiger partial charge in [0.15, 0.2) is 11.5 Å². The number of hydrogen-bond acceptors (Lipinski definition) is 6. The number of benzene rings is 2. The van der Waals surface area contributed by atoms with E-state index in [1.165, 1.54) is 0 Å². The average Bonchev–Trinajstić information content (AvgIpc) is 3.02. The van der Waals surface area contributed by atoms with E-state index in [1.807, 2.05) is 43.3 Å². The van der Waals surface area contributed by atoms with Crippen LogP contribution in [0.15, 0.2) is 36.4 Å². The molecule has 2 amide bonds. The Balaban J connectivity index is 1.56. The highest BCUT2D eigenvalue weighted by Gasteiger charge is 2.41. The van der Waals surface area contributed by atoms with Crippen molar-refractivity contribution in [3.63, 3.8) is 0 Å². The summed E-state index contributed by atoms with van der Waals surface area (Å²) in [6.07, 6.45) is -0.791. The maximum atomic E-state index is 14.2. The molecule has 0 saturated carbocycles. The van der Waals surface area contributed by atoms with Crippen LogP contribution in [-0.4, -0.2) is 66.7 Å². The molecule has 2 aromatic rings. The minimum absolute atomic E-state index is 0.140. The maximum Gasteiger partial charge on any atom is 0.308 e. The van der Waals surface area contributed by atoms with E-state index in [4.69, 9.17) is 14.2 Å². The Bertz CT molecular complexity index is 1300. The lowest BCUT2D eigenvalue weighted by atomic mass is 9.93. The van der Waals surface area contributed by atoms with Gasteiger partial charge in [-0.3, -0.25) is 14.4 Å². The van der Waals surface area contributed by atoms with Gasteiger partial charge < -0.3 is 29.1 Å². The van der Waals surface area contributed by atoms with Crippen LogP contribution in [0.1, 0.15) is 62.8 Å². The molecule has 3 aliphatic heterocycles. The lowest BCUT2D eigenvalue weighted by molar-refractivity contribution is -0.148. The number of hydrogen-bond donors (Lipinski definition) is 1. The monoisotopic (exact) mass is 550 g/mol. The molecule has 9 heteroatoms. The molecule has 40 heavy (non-hydrogen) atoms. The van der Waals surface area contributed by atoms with Crippen LogP contribution >= 0.6 is 0 Å². The highest BCUT2D eigenvalue weighted by molar-refractivity contribution is 6.00. The molecule has 3 atom stereocenters. The molecule has 0 aromatic heterocycles. The van der Waals surface area contributed by atoms with Gasteiger partial charge in [0.05, 0.1) is 12.3 Å². The number of anilines is 1. The van der Waals surface area contributed by atoms with Crippen LogP contribution in [0.3, 0.4) is 0 Å². The number of amides is 2. The van der Waals surface area contributed by atoms with Crippen molar-refractivity contribution in [2.75, 3.05) is 37.7 Å². The van der Waals surface area contributed by atoms with Crippen LogP contribution in [0.4, 0.5) is 5.69 Å². The summed E-state index contributed by atoms with van der Waals surface area (Å²) in [5.74, 6) is -0.885. The summed E-state index contributed by atoms with van der Waals surface area (Å²) in [6, 6.07) is 11.6. The van der Waals surface area contributed by atoms with Crippen molar-refractivity contribution < 1.29 is 33.7 Å². The number of rotatable bonds is 5. The third-order valence-corrected chi connectivity index (χ3v) is 7.59. The van der Waals surface area contributed by atoms with Gasteiger partial charge in [-0.2, -0.15) is 0 Å². The second kappa shape index (κ2) is 11.1. The molecule has 1 saturated heterocycles. The van der Waals surface area contributed by atoms with Crippen molar-refractivity contribution in [2.24, 2.45) is 11.3 Å². The molecule has 9 nitrogen and oxygen atoms in total. The molecule has 1 unspecified atom stereocenters. The number of aliphatic carboxylic acids is 1. The minimum Gasteiger partial charge on any atom is -0.486 e. The number of nitrogens with zero attached hydrogens (tertiary/aromatic N) is 2. The highest BCUT2D eigenvalue weighted by atomic mass is 16.6. The van der Waals surface area contributed by atoms with Crippen molar-refractivity contribution in [1.29, 1.82) is 0 Å². The Labute approximate surface area is 235 Å². The van der Waals surface area contributed by atoms with Crippen LogP contribution in [0.25, 0.3) is 0 Å². The predicted octanol–water partition coefficient (Wildman–Crippen LogP) is 4.35. The standard InChI is InChI=1S/C31H38N2O7/c1-19-10-11-23-22(15-19)27(21-8-5-9-24-28(21)39-14-13-38-24)40-25(29(35)33(23)18-31(2,3)4)16-26(34)32-12-6-7-20(17-32)30(36)37/h5,8-11,15,20,25,27H,6-7,12-14,16-18H2,1-4H3,(H,36,37)/t20?,25-,27-/m0/s1. The number of para-hydroxylation sites is 1. The van der Waals surface area contributed by atoms with Gasteiger partial charge in [0, 0.05) is 36.4 Å². The number of likely N-dealkylation sites (tertiary alicyclic amines) is 1. The molecule has 214 valence electrons. The molecule has 1 N–H and O–H groups in total. The quantitative estimate of drug-likeness (QED) is 0.590. The van der Waals surface area contributed by atoms with E-state index < -0.39 is 24.1 Å². The van der Waals surface area contributed by atoms with Crippen molar-refractivity contribution in [3.05, 3.63) is 53.1 Å². The summed E-state index contributed by atoms with van der Waals surface area (Å²) in [6.45, 7) is 10.1. The van der Waals surface area contributed by atoms with E-state index in [1.54, 1.807) is 9.80 Å². The molecule has 2 aromatic carbocycles. The predicted molar refractivity (Wildman–Crippen MR) is 149 cm³/mol. The summed E-state index contributed by atoms with van der Waals surface area (Å²) in [5.41, 5.74) is 3.08. The molecule has 3 heterocycles. The van der Waals surface area contributed by atoms with Gasteiger partial charge in [-0.05, 0) is 37.3 Å². The Morgan fingerprint density at radius 3 is 2.60 bits per heavy atom. The molecule has 1 fully saturated rings. The summed E-state index contributed by atoms with van der Waals surface area (Å²) < 4.78 is 18.5. The highest BCUT2D eigenvalue weighted by Crippen LogP contribution is 2.46. The molecule has 5 rings (SSSR count). The first kappa shape index (κ1) is 28.0. The van der Waals surface area contributed by atoms with Crippen molar-refractivity contribution >= 4 is 23.5 Å². The van der Waals surface area contributed by atoms with E-state index in [0.29, 0.717) is 50.6 Å². The molecule has 3 aliphatic rings. The van der Waals surface area contributed by atoms with Crippen molar-refractivity contribution in [2.45, 2.75) is 59.2 Å². The fourth-order valence-corrected chi connectivity index (χ4v) is 5.73. The van der Waals surface area contributed by atoms with Gasteiger partial charge in [0.2, 0.25) is 5.91 Å². The largest absolute Gasteiger partial charge is 0.486 e. The zero-order valence-corrected chi connectivity index (χ0v) is 23.6. The number of aryl methyl sites for hydroxylation is 1. The SMILES string of the molecule is Cc1ccc2c(c1)[C@H](c1cccc3c1OCCO3)O[C@@H](CC(=O)N1CCCC(C(=O)O)C1)C(=O)N2CC(C)(C)C. The first-order valence-electron chi connectivity index (χ1n) is 14.0. The Morgan fingerprint density at radius 1 is 1.07 bits per heavy atom. The fourth-order valence-electron chi connectivity index (χ4n) is 5.73. The van der Waals surface area contributed by atoms with Gasteiger partial charge >= 0.3 is 5.97 Å². The number of carbonyl (C=O) groups excluding carboxylic acids is 2. The first-order chi connectivity index (χ1) is 19.0. The normalized spacial score (nSPS) is 22.9. The molecule has 0 bridgehead atoms. The molecular weight excluding hydrogens is 512 g/mol. The maximum absolute atomic E-state index is 14.2. The number of ether oxygens (including phenoxy) is 3. The number of fused-ring (bicyclic) bond motifs is 2. The number of piperidine rings is 1. The van der Waals surface area contributed by atoms with Crippen LogP contribution in [0.5, 0.6) is 11.5 Å². The summed E-state index contributed by atoms with van der Waals surface area (Å²) in [7, 11) is 0.